The maximum absolute atomic E-state index is 12.3. The highest BCUT2D eigenvalue weighted by Crippen LogP contribution is 2.42. The van der Waals surface area contributed by atoms with Crippen LogP contribution in [0, 0.1) is 13.8 Å². The van der Waals surface area contributed by atoms with Gasteiger partial charge in [-0.3, -0.25) is 9.59 Å². The van der Waals surface area contributed by atoms with Crippen molar-refractivity contribution in [1.82, 2.24) is 5.32 Å². The van der Waals surface area contributed by atoms with E-state index in [9.17, 15) is 9.59 Å². The molecule has 25 heavy (non-hydrogen) atoms. The lowest BCUT2D eigenvalue weighted by Crippen LogP contribution is -2.43. The highest BCUT2D eigenvalue weighted by molar-refractivity contribution is 7.10. The smallest absolute Gasteiger partial charge is 0.313 e. The first kappa shape index (κ1) is 17.7. The second kappa shape index (κ2) is 7.40. The summed E-state index contributed by atoms with van der Waals surface area (Å²) in [7, 11) is 0. The molecule has 3 rings (SSSR count). The number of thiophene rings is 1. The molecule has 1 heterocycles. The van der Waals surface area contributed by atoms with Crippen LogP contribution in [0.5, 0.6) is 0 Å². The molecule has 2 amide bonds. The van der Waals surface area contributed by atoms with Gasteiger partial charge in [0.2, 0.25) is 0 Å². The first-order chi connectivity index (χ1) is 12.0. The maximum atomic E-state index is 12.3. The summed E-state index contributed by atoms with van der Waals surface area (Å²) in [5.74, 6) is -1.17. The van der Waals surface area contributed by atoms with Crippen LogP contribution in [0.4, 0.5) is 5.69 Å². The molecular formula is C20H24N2O2S. The van der Waals surface area contributed by atoms with Gasteiger partial charge in [0.05, 0.1) is 0 Å². The van der Waals surface area contributed by atoms with Crippen molar-refractivity contribution >= 4 is 28.8 Å². The zero-order valence-electron chi connectivity index (χ0n) is 14.7. The fraction of sp³-hybridized carbons (Fsp3) is 0.400. The molecule has 0 unspecified atom stereocenters. The molecule has 0 bridgehead atoms. The number of hydrogen-bond donors (Lipinski definition) is 2. The molecule has 1 fully saturated rings. The van der Waals surface area contributed by atoms with Gasteiger partial charge in [0.25, 0.3) is 0 Å². The predicted molar refractivity (Wildman–Crippen MR) is 102 cm³/mol. The molecule has 1 aromatic heterocycles. The van der Waals surface area contributed by atoms with Gasteiger partial charge < -0.3 is 10.6 Å². The number of rotatable bonds is 4. The van der Waals surface area contributed by atoms with Crippen molar-refractivity contribution in [2.24, 2.45) is 0 Å². The Hall–Kier alpha value is -2.14. The third kappa shape index (κ3) is 4.10. The van der Waals surface area contributed by atoms with Gasteiger partial charge >= 0.3 is 11.8 Å². The Kier molecular flexibility index (Phi) is 5.23. The van der Waals surface area contributed by atoms with E-state index >= 15 is 0 Å². The summed E-state index contributed by atoms with van der Waals surface area (Å²) < 4.78 is 0. The number of amides is 2. The highest BCUT2D eigenvalue weighted by atomic mass is 32.1. The van der Waals surface area contributed by atoms with Crippen LogP contribution in [0.1, 0.15) is 41.7 Å². The van der Waals surface area contributed by atoms with Crippen LogP contribution < -0.4 is 10.6 Å². The Labute approximate surface area is 152 Å². The van der Waals surface area contributed by atoms with Crippen LogP contribution in [0.25, 0.3) is 0 Å². The summed E-state index contributed by atoms with van der Waals surface area (Å²) >= 11 is 1.73. The largest absolute Gasteiger partial charge is 0.347 e. The van der Waals surface area contributed by atoms with Crippen LogP contribution in [-0.4, -0.2) is 18.4 Å². The quantitative estimate of drug-likeness (QED) is 0.816. The van der Waals surface area contributed by atoms with Gasteiger partial charge in [0, 0.05) is 22.5 Å². The Morgan fingerprint density at radius 1 is 1.08 bits per heavy atom. The summed E-state index contributed by atoms with van der Waals surface area (Å²) in [5.41, 5.74) is 2.76. The minimum atomic E-state index is -0.607. The van der Waals surface area contributed by atoms with Crippen LogP contribution >= 0.6 is 11.3 Å². The number of carbonyl (C=O) groups is 2. The van der Waals surface area contributed by atoms with Crippen LogP contribution in [0.2, 0.25) is 0 Å². The average molecular weight is 356 g/mol. The van der Waals surface area contributed by atoms with Gasteiger partial charge in [0.15, 0.2) is 0 Å². The van der Waals surface area contributed by atoms with Crippen LogP contribution in [0.15, 0.2) is 35.7 Å². The van der Waals surface area contributed by atoms with Crippen molar-refractivity contribution in [3.8, 4) is 0 Å². The third-order valence-electron chi connectivity index (χ3n) is 4.88. The van der Waals surface area contributed by atoms with Crippen molar-refractivity contribution in [2.45, 2.75) is 44.9 Å². The van der Waals surface area contributed by atoms with Gasteiger partial charge in [0.1, 0.15) is 0 Å². The van der Waals surface area contributed by atoms with Gasteiger partial charge in [-0.2, -0.15) is 0 Å². The molecule has 2 N–H and O–H groups in total. The molecule has 2 aromatic rings. The number of carbonyl (C=O) groups excluding carboxylic acids is 2. The molecule has 0 spiro atoms. The first-order valence-corrected chi connectivity index (χ1v) is 9.58. The van der Waals surface area contributed by atoms with E-state index in [-0.39, 0.29) is 5.41 Å². The molecule has 0 atom stereocenters. The lowest BCUT2D eigenvalue weighted by Gasteiger charge is -2.28. The van der Waals surface area contributed by atoms with Gasteiger partial charge in [-0.1, -0.05) is 25.0 Å². The second-order valence-electron chi connectivity index (χ2n) is 6.98. The van der Waals surface area contributed by atoms with E-state index in [2.05, 4.69) is 28.1 Å². The summed E-state index contributed by atoms with van der Waals surface area (Å²) in [6.45, 7) is 4.45. The van der Waals surface area contributed by atoms with Crippen molar-refractivity contribution in [3.63, 3.8) is 0 Å². The minimum Gasteiger partial charge on any atom is -0.347 e. The summed E-state index contributed by atoms with van der Waals surface area (Å²) in [6.07, 6.45) is 4.46. The Morgan fingerprint density at radius 2 is 1.76 bits per heavy atom. The number of benzene rings is 1. The monoisotopic (exact) mass is 356 g/mol. The second-order valence-corrected chi connectivity index (χ2v) is 7.93. The molecule has 1 saturated carbocycles. The molecule has 0 radical (unpaired) electrons. The zero-order chi connectivity index (χ0) is 17.9. The topological polar surface area (TPSA) is 58.2 Å². The molecular weight excluding hydrogens is 332 g/mol. The lowest BCUT2D eigenvalue weighted by atomic mass is 9.84. The highest BCUT2D eigenvalue weighted by Gasteiger charge is 2.37. The predicted octanol–water partition coefficient (Wildman–Crippen LogP) is 3.93. The number of aryl methyl sites for hydroxylation is 2. The van der Waals surface area contributed by atoms with E-state index in [1.807, 2.05) is 32.0 Å². The van der Waals surface area contributed by atoms with Crippen LogP contribution in [0.3, 0.4) is 0 Å². The third-order valence-corrected chi connectivity index (χ3v) is 5.99. The normalized spacial score (nSPS) is 15.8. The number of nitrogens with one attached hydrogen (secondary N) is 2. The molecule has 0 aliphatic heterocycles. The maximum Gasteiger partial charge on any atom is 0.313 e. The first-order valence-electron chi connectivity index (χ1n) is 8.70. The standard InChI is InChI=1S/C20H24N2O2S/c1-14-10-15(2)12-16(11-14)22-19(24)18(23)21-13-20(7-3-4-8-20)17-6-5-9-25-17/h5-6,9-12H,3-4,7-8,13H2,1-2H3,(H,21,23)(H,22,24). The van der Waals surface area contributed by atoms with Crippen LogP contribution in [-0.2, 0) is 15.0 Å². The van der Waals surface area contributed by atoms with E-state index in [4.69, 9.17) is 0 Å². The van der Waals surface area contributed by atoms with Gasteiger partial charge in [-0.15, -0.1) is 11.3 Å². The van der Waals surface area contributed by atoms with E-state index in [0.29, 0.717) is 12.2 Å². The van der Waals surface area contributed by atoms with Gasteiger partial charge in [-0.05, 0) is 61.4 Å². The molecule has 1 aliphatic carbocycles. The van der Waals surface area contributed by atoms with Crippen molar-refractivity contribution in [3.05, 3.63) is 51.7 Å². The summed E-state index contributed by atoms with van der Waals surface area (Å²) in [6, 6.07) is 9.94. The molecule has 1 aromatic carbocycles. The molecule has 4 nitrogen and oxygen atoms in total. The fourth-order valence-corrected chi connectivity index (χ4v) is 4.69. The molecule has 0 saturated heterocycles. The van der Waals surface area contributed by atoms with Crippen molar-refractivity contribution in [1.29, 1.82) is 0 Å². The lowest BCUT2D eigenvalue weighted by molar-refractivity contribution is -0.136. The molecule has 5 heteroatoms. The Bertz CT molecular complexity index is 742. The van der Waals surface area contributed by atoms with E-state index in [1.54, 1.807) is 11.3 Å². The Morgan fingerprint density at radius 3 is 2.36 bits per heavy atom. The Balaban J connectivity index is 1.62. The molecule has 1 aliphatic rings. The zero-order valence-corrected chi connectivity index (χ0v) is 15.5. The molecule has 132 valence electrons. The van der Waals surface area contributed by atoms with Gasteiger partial charge in [-0.25, -0.2) is 0 Å². The average Bonchev–Trinajstić information content (AvgIpc) is 3.23. The van der Waals surface area contributed by atoms with Crippen molar-refractivity contribution in [2.75, 3.05) is 11.9 Å². The summed E-state index contributed by atoms with van der Waals surface area (Å²) in [5, 5.41) is 7.63. The van der Waals surface area contributed by atoms with E-state index < -0.39 is 11.8 Å². The minimum absolute atomic E-state index is 0.00989. The van der Waals surface area contributed by atoms with Crippen molar-refractivity contribution < 1.29 is 9.59 Å². The fourth-order valence-electron chi connectivity index (χ4n) is 3.71. The number of anilines is 1. The number of hydrogen-bond acceptors (Lipinski definition) is 3. The van der Waals surface area contributed by atoms with E-state index in [1.165, 1.54) is 17.7 Å². The summed E-state index contributed by atoms with van der Waals surface area (Å²) in [4.78, 5) is 25.8. The SMILES string of the molecule is Cc1cc(C)cc(NC(=O)C(=O)NCC2(c3cccs3)CCCC2)c1. The van der Waals surface area contributed by atoms with E-state index in [0.717, 1.165) is 24.0 Å².